The molecule has 3 aromatic rings. The van der Waals surface area contributed by atoms with Gasteiger partial charge < -0.3 is 10.2 Å². The van der Waals surface area contributed by atoms with E-state index in [-0.39, 0.29) is 12.1 Å². The molecule has 0 spiro atoms. The molecule has 5 nitrogen and oxygen atoms in total. The number of carbonyl (C=O) groups is 1. The third-order valence-corrected chi connectivity index (χ3v) is 5.06. The fourth-order valence-electron chi connectivity index (χ4n) is 3.62. The Morgan fingerprint density at radius 2 is 1.81 bits per heavy atom. The van der Waals surface area contributed by atoms with Crippen LogP contribution in [0.2, 0.25) is 0 Å². The topological polar surface area (TPSA) is 50.2 Å². The second-order valence-corrected chi connectivity index (χ2v) is 6.99. The first-order valence-electron chi connectivity index (χ1n) is 9.04. The number of anilines is 1. The summed E-state index contributed by atoms with van der Waals surface area (Å²) >= 11 is 0. The zero-order valence-corrected chi connectivity index (χ0v) is 14.4. The Hall–Kier alpha value is -3.08. The lowest BCUT2D eigenvalue weighted by Crippen LogP contribution is -2.44. The lowest BCUT2D eigenvalue weighted by Gasteiger charge is -2.37. The molecule has 0 radical (unpaired) electrons. The molecule has 1 unspecified atom stereocenters. The second kappa shape index (κ2) is 6.02. The minimum atomic E-state index is -0.158. The van der Waals surface area contributed by atoms with Crippen molar-refractivity contribution in [3.8, 4) is 0 Å². The summed E-state index contributed by atoms with van der Waals surface area (Å²) in [5.74, 6) is 0.114. The molecule has 1 N–H and O–H groups in total. The van der Waals surface area contributed by atoms with Crippen molar-refractivity contribution in [3.05, 3.63) is 83.7 Å². The van der Waals surface area contributed by atoms with Crippen molar-refractivity contribution in [1.29, 1.82) is 0 Å². The van der Waals surface area contributed by atoms with E-state index in [1.165, 1.54) is 5.56 Å². The zero-order valence-electron chi connectivity index (χ0n) is 14.4. The summed E-state index contributed by atoms with van der Waals surface area (Å²) in [4.78, 5) is 15.0. The highest BCUT2D eigenvalue weighted by molar-refractivity contribution is 6.02. The summed E-state index contributed by atoms with van der Waals surface area (Å²) in [5, 5.41) is 8.06. The van der Waals surface area contributed by atoms with Gasteiger partial charge in [-0.1, -0.05) is 42.5 Å². The molecule has 1 aliphatic carbocycles. The van der Waals surface area contributed by atoms with Crippen LogP contribution in [0.5, 0.6) is 0 Å². The van der Waals surface area contributed by atoms with Gasteiger partial charge in [0.1, 0.15) is 6.17 Å². The summed E-state index contributed by atoms with van der Waals surface area (Å²) in [5.41, 5.74) is 3.89. The molecule has 26 heavy (non-hydrogen) atoms. The van der Waals surface area contributed by atoms with Gasteiger partial charge >= 0.3 is 0 Å². The van der Waals surface area contributed by atoms with Gasteiger partial charge in [0.05, 0.1) is 18.3 Å². The largest absolute Gasteiger partial charge is 0.361 e. The van der Waals surface area contributed by atoms with Gasteiger partial charge in [-0.2, -0.15) is 5.10 Å². The normalized spacial score (nSPS) is 19.2. The van der Waals surface area contributed by atoms with Crippen molar-refractivity contribution in [1.82, 2.24) is 14.7 Å². The predicted octanol–water partition coefficient (Wildman–Crippen LogP) is 3.66. The van der Waals surface area contributed by atoms with Crippen molar-refractivity contribution >= 4 is 11.6 Å². The van der Waals surface area contributed by atoms with E-state index in [2.05, 4.69) is 22.5 Å². The molecule has 2 heterocycles. The number of nitrogens with zero attached hydrogens (tertiary/aromatic N) is 3. The number of amides is 1. The van der Waals surface area contributed by atoms with Crippen molar-refractivity contribution in [2.24, 2.45) is 0 Å². The van der Waals surface area contributed by atoms with Crippen molar-refractivity contribution in [2.45, 2.75) is 31.6 Å². The summed E-state index contributed by atoms with van der Waals surface area (Å²) in [6.45, 7) is 0.724. The molecule has 5 rings (SSSR count). The van der Waals surface area contributed by atoms with Crippen molar-refractivity contribution in [3.63, 3.8) is 0 Å². The Morgan fingerprint density at radius 1 is 1.04 bits per heavy atom. The van der Waals surface area contributed by atoms with E-state index in [0.29, 0.717) is 6.04 Å². The summed E-state index contributed by atoms with van der Waals surface area (Å²) < 4.78 is 1.93. The molecular formula is C21H20N4O. The van der Waals surface area contributed by atoms with Gasteiger partial charge in [-0.25, -0.2) is 0 Å². The minimum absolute atomic E-state index is 0.114. The van der Waals surface area contributed by atoms with Gasteiger partial charge in [-0.15, -0.1) is 0 Å². The van der Waals surface area contributed by atoms with E-state index >= 15 is 0 Å². The highest BCUT2D eigenvalue weighted by Gasteiger charge is 2.42. The SMILES string of the molecule is O=C1c2ccccc2NC(c2cnn(Cc3ccccc3)c2)N1C1CC1. The van der Waals surface area contributed by atoms with E-state index < -0.39 is 0 Å². The minimum Gasteiger partial charge on any atom is -0.361 e. The molecule has 130 valence electrons. The number of aromatic nitrogens is 2. The van der Waals surface area contributed by atoms with Gasteiger partial charge in [0.2, 0.25) is 0 Å². The first-order chi connectivity index (χ1) is 12.8. The van der Waals surface area contributed by atoms with Gasteiger partial charge in [0.15, 0.2) is 0 Å². The van der Waals surface area contributed by atoms with E-state index in [1.54, 1.807) is 0 Å². The maximum Gasteiger partial charge on any atom is 0.258 e. The smallest absolute Gasteiger partial charge is 0.258 e. The van der Waals surface area contributed by atoms with Gasteiger partial charge in [0, 0.05) is 23.5 Å². The molecule has 1 atom stereocenters. The van der Waals surface area contributed by atoms with Crippen LogP contribution in [0.3, 0.4) is 0 Å². The van der Waals surface area contributed by atoms with E-state index in [4.69, 9.17) is 0 Å². The van der Waals surface area contributed by atoms with Crippen LogP contribution in [0.25, 0.3) is 0 Å². The standard InChI is InChI=1S/C21H20N4O/c26-21-18-8-4-5-9-19(18)23-20(25(21)17-10-11-17)16-12-22-24(14-16)13-15-6-2-1-3-7-15/h1-9,12,14,17,20,23H,10-11,13H2. The highest BCUT2D eigenvalue weighted by atomic mass is 16.2. The molecule has 1 amide bonds. The lowest BCUT2D eigenvalue weighted by atomic mass is 10.1. The fraction of sp³-hybridized carbons (Fsp3) is 0.238. The van der Waals surface area contributed by atoms with Crippen molar-refractivity contribution < 1.29 is 4.79 Å². The van der Waals surface area contributed by atoms with Gasteiger partial charge in [0.25, 0.3) is 5.91 Å². The van der Waals surface area contributed by atoms with Crippen LogP contribution >= 0.6 is 0 Å². The van der Waals surface area contributed by atoms with Crippen LogP contribution in [0.1, 0.15) is 40.5 Å². The highest BCUT2D eigenvalue weighted by Crippen LogP contribution is 2.40. The van der Waals surface area contributed by atoms with Crippen LogP contribution < -0.4 is 5.32 Å². The average Bonchev–Trinajstić information content (AvgIpc) is 3.41. The number of rotatable bonds is 4. The van der Waals surface area contributed by atoms with E-state index in [1.807, 2.05) is 64.4 Å². The van der Waals surface area contributed by atoms with Gasteiger partial charge in [-0.3, -0.25) is 9.48 Å². The molecule has 2 aromatic carbocycles. The molecule has 1 aromatic heterocycles. The molecule has 1 aliphatic heterocycles. The third kappa shape index (κ3) is 2.65. The van der Waals surface area contributed by atoms with Gasteiger partial charge in [-0.05, 0) is 30.5 Å². The number of benzene rings is 2. The Balaban J connectivity index is 1.46. The number of para-hydroxylation sites is 1. The summed E-state index contributed by atoms with van der Waals surface area (Å²) in [6, 6.07) is 18.3. The van der Waals surface area contributed by atoms with Crippen LogP contribution in [0.4, 0.5) is 5.69 Å². The molecule has 2 aliphatic rings. The van der Waals surface area contributed by atoms with Crippen LogP contribution in [-0.2, 0) is 6.54 Å². The fourth-order valence-corrected chi connectivity index (χ4v) is 3.62. The van der Waals surface area contributed by atoms with Crippen LogP contribution in [0.15, 0.2) is 67.0 Å². The number of nitrogens with one attached hydrogen (secondary N) is 1. The first kappa shape index (κ1) is 15.2. The Labute approximate surface area is 152 Å². The zero-order chi connectivity index (χ0) is 17.5. The number of hydrogen-bond acceptors (Lipinski definition) is 3. The molecule has 1 fully saturated rings. The third-order valence-electron chi connectivity index (χ3n) is 5.06. The maximum atomic E-state index is 13.0. The predicted molar refractivity (Wildman–Crippen MR) is 99.8 cm³/mol. The quantitative estimate of drug-likeness (QED) is 0.786. The Kier molecular flexibility index (Phi) is 3.52. The van der Waals surface area contributed by atoms with E-state index in [0.717, 1.165) is 36.2 Å². The monoisotopic (exact) mass is 344 g/mol. The number of fused-ring (bicyclic) bond motifs is 1. The Morgan fingerprint density at radius 3 is 2.62 bits per heavy atom. The Bertz CT molecular complexity index is 945. The molecule has 1 saturated carbocycles. The first-order valence-corrected chi connectivity index (χ1v) is 9.04. The summed E-state index contributed by atoms with van der Waals surface area (Å²) in [7, 11) is 0. The van der Waals surface area contributed by atoms with Crippen LogP contribution in [0, 0.1) is 0 Å². The van der Waals surface area contributed by atoms with Crippen molar-refractivity contribution in [2.75, 3.05) is 5.32 Å². The molecular weight excluding hydrogens is 324 g/mol. The number of hydrogen-bond donors (Lipinski definition) is 1. The molecule has 0 saturated heterocycles. The van der Waals surface area contributed by atoms with E-state index in [9.17, 15) is 4.79 Å². The summed E-state index contributed by atoms with van der Waals surface area (Å²) in [6.07, 6.45) is 5.90. The lowest BCUT2D eigenvalue weighted by molar-refractivity contribution is 0.0666. The second-order valence-electron chi connectivity index (χ2n) is 6.99. The average molecular weight is 344 g/mol. The molecule has 0 bridgehead atoms. The van der Waals surface area contributed by atoms with Crippen LogP contribution in [-0.4, -0.2) is 26.6 Å². The molecule has 5 heteroatoms. The maximum absolute atomic E-state index is 13.0. The number of carbonyl (C=O) groups excluding carboxylic acids is 1.